The number of nitrogens with zero attached hydrogens (tertiary/aromatic N) is 3. The highest BCUT2D eigenvalue weighted by Crippen LogP contribution is 2.26. The zero-order chi connectivity index (χ0) is 18.7. The van der Waals surface area contributed by atoms with Gasteiger partial charge in [0, 0.05) is 38.3 Å². The van der Waals surface area contributed by atoms with Crippen LogP contribution in [0.5, 0.6) is 11.5 Å². The van der Waals surface area contributed by atoms with Crippen LogP contribution in [0.15, 0.2) is 35.4 Å². The summed E-state index contributed by atoms with van der Waals surface area (Å²) in [6.07, 6.45) is 3.34. The molecule has 142 valence electrons. The molecule has 0 spiro atoms. The zero-order valence-corrected chi connectivity index (χ0v) is 16.2. The minimum Gasteiger partial charge on any atom is -0.497 e. The Labute approximate surface area is 154 Å². The third kappa shape index (κ3) is 4.02. The van der Waals surface area contributed by atoms with Crippen LogP contribution in [0.25, 0.3) is 0 Å². The van der Waals surface area contributed by atoms with Crippen LogP contribution in [0, 0.1) is 12.8 Å². The molecule has 2 aromatic rings. The van der Waals surface area contributed by atoms with E-state index in [-0.39, 0.29) is 10.8 Å². The zero-order valence-electron chi connectivity index (χ0n) is 15.4. The first kappa shape index (κ1) is 18.7. The molecule has 1 saturated heterocycles. The van der Waals surface area contributed by atoms with Gasteiger partial charge in [0.15, 0.2) is 0 Å². The van der Waals surface area contributed by atoms with Gasteiger partial charge in [0.1, 0.15) is 16.4 Å². The molecule has 1 aromatic carbocycles. The average molecular weight is 379 g/mol. The van der Waals surface area contributed by atoms with Gasteiger partial charge in [0.2, 0.25) is 10.0 Å². The summed E-state index contributed by atoms with van der Waals surface area (Å²) >= 11 is 0. The molecule has 0 amide bonds. The predicted octanol–water partition coefficient (Wildman–Crippen LogP) is 2.22. The van der Waals surface area contributed by atoms with Crippen molar-refractivity contribution in [1.29, 1.82) is 0 Å². The highest BCUT2D eigenvalue weighted by molar-refractivity contribution is 7.89. The summed E-state index contributed by atoms with van der Waals surface area (Å²) < 4.78 is 40.0. The fraction of sp³-hybridized carbons (Fsp3) is 0.500. The molecule has 0 bridgehead atoms. The van der Waals surface area contributed by atoms with Crippen molar-refractivity contribution in [2.45, 2.75) is 24.7 Å². The summed E-state index contributed by atoms with van der Waals surface area (Å²) in [4.78, 5) is 0.286. The fourth-order valence-electron chi connectivity index (χ4n) is 3.26. The summed E-state index contributed by atoms with van der Waals surface area (Å²) in [6, 6.07) is 7.43. The van der Waals surface area contributed by atoms with Crippen molar-refractivity contribution in [2.75, 3.05) is 26.8 Å². The van der Waals surface area contributed by atoms with E-state index in [0.29, 0.717) is 25.4 Å². The number of rotatable bonds is 6. The van der Waals surface area contributed by atoms with Gasteiger partial charge in [-0.1, -0.05) is 6.07 Å². The highest BCUT2D eigenvalue weighted by Gasteiger charge is 2.32. The number of hydrogen-bond donors (Lipinski definition) is 0. The van der Waals surface area contributed by atoms with Gasteiger partial charge in [0.25, 0.3) is 0 Å². The van der Waals surface area contributed by atoms with Crippen molar-refractivity contribution >= 4 is 10.0 Å². The maximum absolute atomic E-state index is 12.9. The highest BCUT2D eigenvalue weighted by atomic mass is 32.2. The monoisotopic (exact) mass is 379 g/mol. The molecule has 0 radical (unpaired) electrons. The first-order chi connectivity index (χ1) is 12.4. The van der Waals surface area contributed by atoms with Crippen molar-refractivity contribution < 1.29 is 17.9 Å². The predicted molar refractivity (Wildman–Crippen MR) is 97.9 cm³/mol. The molecule has 2 heterocycles. The van der Waals surface area contributed by atoms with Crippen molar-refractivity contribution in [1.82, 2.24) is 14.1 Å². The number of methoxy groups -OCH3 is 1. The van der Waals surface area contributed by atoms with Crippen LogP contribution < -0.4 is 9.47 Å². The third-order valence-corrected chi connectivity index (χ3v) is 6.56. The Morgan fingerprint density at radius 3 is 2.77 bits per heavy atom. The maximum Gasteiger partial charge on any atom is 0.246 e. The number of hydrogen-bond acceptors (Lipinski definition) is 5. The molecule has 1 aliphatic heterocycles. The molecule has 1 aromatic heterocycles. The molecule has 8 heteroatoms. The second-order valence-corrected chi connectivity index (χ2v) is 8.52. The SMILES string of the molecule is COc1cccc(OC[C@@H]2CCCN(S(=O)(=O)c3cn(C)nc3C)C2)c1. The number of ether oxygens (including phenoxy) is 2. The summed E-state index contributed by atoms with van der Waals surface area (Å²) in [6.45, 7) is 3.19. The fourth-order valence-corrected chi connectivity index (χ4v) is 5.01. The molecule has 1 atom stereocenters. The molecule has 0 unspecified atom stereocenters. The van der Waals surface area contributed by atoms with E-state index < -0.39 is 10.0 Å². The quantitative estimate of drug-likeness (QED) is 0.769. The summed E-state index contributed by atoms with van der Waals surface area (Å²) in [5.41, 5.74) is 0.530. The molecule has 0 N–H and O–H groups in total. The first-order valence-electron chi connectivity index (χ1n) is 8.67. The maximum atomic E-state index is 12.9. The smallest absolute Gasteiger partial charge is 0.246 e. The standard InChI is InChI=1S/C18H25N3O4S/c1-14-18(12-20(2)19-14)26(22,23)21-9-5-6-15(11-21)13-25-17-8-4-7-16(10-17)24-3/h4,7-8,10,12,15H,5-6,9,11,13H2,1-3H3/t15-/m1/s1. The van der Waals surface area contributed by atoms with E-state index in [1.54, 1.807) is 31.6 Å². The molecule has 7 nitrogen and oxygen atoms in total. The van der Waals surface area contributed by atoms with Crippen LogP contribution in [0.3, 0.4) is 0 Å². The Kier molecular flexibility index (Phi) is 5.52. The normalized spacial score (nSPS) is 18.7. The number of benzene rings is 1. The van der Waals surface area contributed by atoms with E-state index in [1.165, 1.54) is 4.68 Å². The van der Waals surface area contributed by atoms with E-state index in [2.05, 4.69) is 5.10 Å². The van der Waals surface area contributed by atoms with Crippen molar-refractivity contribution in [3.63, 3.8) is 0 Å². The molecule has 3 rings (SSSR count). The third-order valence-electron chi connectivity index (χ3n) is 4.59. The van der Waals surface area contributed by atoms with Crippen molar-refractivity contribution in [3.8, 4) is 11.5 Å². The number of piperidine rings is 1. The van der Waals surface area contributed by atoms with Crippen LogP contribution in [0.1, 0.15) is 18.5 Å². The minimum absolute atomic E-state index is 0.154. The molecular formula is C18H25N3O4S. The lowest BCUT2D eigenvalue weighted by atomic mass is 10.0. The van der Waals surface area contributed by atoms with Gasteiger partial charge in [-0.25, -0.2) is 8.42 Å². The van der Waals surface area contributed by atoms with E-state index in [1.807, 2.05) is 24.3 Å². The molecule has 26 heavy (non-hydrogen) atoms. The number of sulfonamides is 1. The van der Waals surface area contributed by atoms with Gasteiger partial charge in [-0.2, -0.15) is 9.40 Å². The van der Waals surface area contributed by atoms with Crippen LogP contribution in [-0.2, 0) is 17.1 Å². The van der Waals surface area contributed by atoms with Gasteiger partial charge in [-0.3, -0.25) is 4.68 Å². The van der Waals surface area contributed by atoms with Crippen LogP contribution >= 0.6 is 0 Å². The first-order valence-corrected chi connectivity index (χ1v) is 10.1. The minimum atomic E-state index is -3.52. The molecule has 1 fully saturated rings. The molecule has 0 aliphatic carbocycles. The van der Waals surface area contributed by atoms with Crippen molar-refractivity contribution in [3.05, 3.63) is 36.2 Å². The van der Waals surface area contributed by atoms with Crippen LogP contribution in [0.4, 0.5) is 0 Å². The lowest BCUT2D eigenvalue weighted by Gasteiger charge is -2.31. The van der Waals surface area contributed by atoms with E-state index in [9.17, 15) is 8.42 Å². The Hall–Kier alpha value is -2.06. The van der Waals surface area contributed by atoms with Gasteiger partial charge >= 0.3 is 0 Å². The molecule has 1 aliphatic rings. The van der Waals surface area contributed by atoms with Gasteiger partial charge in [0.05, 0.1) is 19.4 Å². The van der Waals surface area contributed by atoms with E-state index in [4.69, 9.17) is 9.47 Å². The lowest BCUT2D eigenvalue weighted by molar-refractivity contribution is 0.180. The Bertz CT molecular complexity index is 863. The molecule has 0 saturated carbocycles. The van der Waals surface area contributed by atoms with E-state index >= 15 is 0 Å². The lowest BCUT2D eigenvalue weighted by Crippen LogP contribution is -2.41. The largest absolute Gasteiger partial charge is 0.497 e. The summed E-state index contributed by atoms with van der Waals surface area (Å²) in [7, 11) is -0.180. The van der Waals surface area contributed by atoms with Gasteiger partial charge in [-0.15, -0.1) is 0 Å². The van der Waals surface area contributed by atoms with Crippen LogP contribution in [-0.4, -0.2) is 49.3 Å². The topological polar surface area (TPSA) is 73.7 Å². The second kappa shape index (κ2) is 7.67. The Morgan fingerprint density at radius 2 is 2.08 bits per heavy atom. The number of aryl methyl sites for hydroxylation is 2. The average Bonchev–Trinajstić information content (AvgIpc) is 2.99. The number of aromatic nitrogens is 2. The Morgan fingerprint density at radius 1 is 1.31 bits per heavy atom. The second-order valence-electron chi connectivity index (χ2n) is 6.61. The van der Waals surface area contributed by atoms with Gasteiger partial charge in [-0.05, 0) is 31.9 Å². The molecular weight excluding hydrogens is 354 g/mol. The van der Waals surface area contributed by atoms with Gasteiger partial charge < -0.3 is 9.47 Å². The van der Waals surface area contributed by atoms with E-state index in [0.717, 1.165) is 24.3 Å². The van der Waals surface area contributed by atoms with Crippen molar-refractivity contribution in [2.24, 2.45) is 13.0 Å². The summed E-state index contributed by atoms with van der Waals surface area (Å²) in [5, 5.41) is 4.16. The van der Waals surface area contributed by atoms with Crippen LogP contribution in [0.2, 0.25) is 0 Å². The Balaban J connectivity index is 1.66. The summed E-state index contributed by atoms with van der Waals surface area (Å²) in [5.74, 6) is 1.62.